The lowest BCUT2D eigenvalue weighted by Gasteiger charge is -2.44. The highest BCUT2D eigenvalue weighted by Gasteiger charge is 2.49. The average Bonchev–Trinajstić information content (AvgIpc) is 2.93. The van der Waals surface area contributed by atoms with Gasteiger partial charge < -0.3 is 14.5 Å². The van der Waals surface area contributed by atoms with Gasteiger partial charge in [0.15, 0.2) is 16.4 Å². The summed E-state index contributed by atoms with van der Waals surface area (Å²) in [5.74, 6) is -0.120. The Labute approximate surface area is 153 Å². The number of benzene rings is 1. The van der Waals surface area contributed by atoms with E-state index in [4.69, 9.17) is 4.74 Å². The van der Waals surface area contributed by atoms with Crippen LogP contribution in [0.15, 0.2) is 30.3 Å². The number of carbonyl (C=O) groups excluding carboxylic acids is 2. The monoisotopic (exact) mass is 380 g/mol. The summed E-state index contributed by atoms with van der Waals surface area (Å²) < 4.78 is 29.9. The fraction of sp³-hybridized carbons (Fsp3) is 0.556. The highest BCUT2D eigenvalue weighted by Crippen LogP contribution is 2.28. The topological polar surface area (TPSA) is 84.0 Å². The summed E-state index contributed by atoms with van der Waals surface area (Å²) in [5, 5.41) is 0. The fourth-order valence-corrected chi connectivity index (χ4v) is 5.59. The molecule has 0 radical (unpaired) electrons. The van der Waals surface area contributed by atoms with Crippen molar-refractivity contribution in [3.63, 3.8) is 0 Å². The molecule has 26 heavy (non-hydrogen) atoms. The third-order valence-electron chi connectivity index (χ3n) is 4.88. The van der Waals surface area contributed by atoms with E-state index in [-0.39, 0.29) is 35.8 Å². The van der Waals surface area contributed by atoms with Crippen molar-refractivity contribution >= 4 is 21.7 Å². The third kappa shape index (κ3) is 3.85. The number of sulfone groups is 1. The molecule has 2 saturated heterocycles. The van der Waals surface area contributed by atoms with Gasteiger partial charge in [-0.05, 0) is 12.1 Å². The van der Waals surface area contributed by atoms with E-state index in [1.165, 1.54) is 0 Å². The highest BCUT2D eigenvalue weighted by molar-refractivity contribution is 7.91. The molecule has 2 heterocycles. The normalized spacial score (nSPS) is 24.4. The summed E-state index contributed by atoms with van der Waals surface area (Å²) in [7, 11) is -3.28. The van der Waals surface area contributed by atoms with E-state index in [0.717, 1.165) is 0 Å². The maximum atomic E-state index is 12.6. The van der Waals surface area contributed by atoms with E-state index in [1.54, 1.807) is 35.8 Å². The predicted molar refractivity (Wildman–Crippen MR) is 96.4 cm³/mol. The van der Waals surface area contributed by atoms with Crippen molar-refractivity contribution in [1.82, 2.24) is 9.80 Å². The molecular weight excluding hydrogens is 356 g/mol. The number of hydrogen-bond donors (Lipinski definition) is 0. The zero-order valence-corrected chi connectivity index (χ0v) is 15.8. The Balaban J connectivity index is 1.73. The number of fused-ring (bicyclic) bond motifs is 1. The molecule has 8 heteroatoms. The van der Waals surface area contributed by atoms with Crippen LogP contribution in [0.4, 0.5) is 0 Å². The second-order valence-corrected chi connectivity index (χ2v) is 9.24. The Morgan fingerprint density at radius 2 is 1.65 bits per heavy atom. The highest BCUT2D eigenvalue weighted by atomic mass is 32.2. The van der Waals surface area contributed by atoms with Crippen LogP contribution in [0.1, 0.15) is 13.8 Å². The molecule has 142 valence electrons. The van der Waals surface area contributed by atoms with Crippen LogP contribution < -0.4 is 4.74 Å². The maximum absolute atomic E-state index is 12.6. The third-order valence-corrected chi connectivity index (χ3v) is 6.58. The van der Waals surface area contributed by atoms with Gasteiger partial charge in [0.05, 0.1) is 23.6 Å². The summed E-state index contributed by atoms with van der Waals surface area (Å²) in [6.45, 7) is 4.13. The first-order valence-corrected chi connectivity index (χ1v) is 10.6. The van der Waals surface area contributed by atoms with E-state index in [9.17, 15) is 18.0 Å². The predicted octanol–water partition coefficient (Wildman–Crippen LogP) is 0.558. The summed E-state index contributed by atoms with van der Waals surface area (Å²) in [6.07, 6.45) is 0. The van der Waals surface area contributed by atoms with Gasteiger partial charge in [0.25, 0.3) is 5.91 Å². The summed E-state index contributed by atoms with van der Waals surface area (Å²) in [6, 6.07) is 8.04. The first kappa shape index (κ1) is 18.7. The van der Waals surface area contributed by atoms with Crippen molar-refractivity contribution in [2.45, 2.75) is 25.9 Å². The van der Waals surface area contributed by atoms with Crippen LogP contribution in [0.2, 0.25) is 0 Å². The molecule has 2 fully saturated rings. The van der Waals surface area contributed by atoms with Gasteiger partial charge in [-0.1, -0.05) is 32.0 Å². The Bertz CT molecular complexity index is 778. The lowest BCUT2D eigenvalue weighted by molar-refractivity contribution is -0.148. The molecule has 2 aliphatic rings. The van der Waals surface area contributed by atoms with Gasteiger partial charge in [-0.25, -0.2) is 8.42 Å². The standard InChI is InChI=1S/C18H24N2O5S/c1-13(2)18(22)20-9-8-19(15-11-26(23,24)12-16(15)20)17(21)10-25-14-6-4-3-5-7-14/h3-7,13,15-16H,8-12H2,1-2H3/t15-,16+/m1/s1. The average molecular weight is 380 g/mol. The van der Waals surface area contributed by atoms with Crippen LogP contribution >= 0.6 is 0 Å². The number of nitrogens with zero attached hydrogens (tertiary/aromatic N) is 2. The van der Waals surface area contributed by atoms with Crippen LogP contribution in [-0.4, -0.2) is 73.3 Å². The molecule has 0 bridgehead atoms. The minimum Gasteiger partial charge on any atom is -0.484 e. The molecule has 0 unspecified atom stereocenters. The SMILES string of the molecule is CC(C)C(=O)N1CCN(C(=O)COc2ccccc2)[C@@H]2CS(=O)(=O)C[C@@H]21. The first-order valence-electron chi connectivity index (χ1n) is 8.77. The molecule has 0 N–H and O–H groups in total. The van der Waals surface area contributed by atoms with Crippen LogP contribution in [-0.2, 0) is 19.4 Å². The summed E-state index contributed by atoms with van der Waals surface area (Å²) in [4.78, 5) is 28.3. The largest absolute Gasteiger partial charge is 0.484 e. The van der Waals surface area contributed by atoms with Crippen molar-refractivity contribution in [2.75, 3.05) is 31.2 Å². The number of para-hydroxylation sites is 1. The van der Waals surface area contributed by atoms with Crippen LogP contribution in [0.5, 0.6) is 5.75 Å². The van der Waals surface area contributed by atoms with Gasteiger partial charge in [-0.2, -0.15) is 0 Å². The van der Waals surface area contributed by atoms with E-state index < -0.39 is 21.9 Å². The van der Waals surface area contributed by atoms with Gasteiger partial charge in [-0.3, -0.25) is 9.59 Å². The first-order chi connectivity index (χ1) is 12.3. The number of carbonyl (C=O) groups is 2. The zero-order valence-electron chi connectivity index (χ0n) is 15.0. The second kappa shape index (κ2) is 7.26. The second-order valence-electron chi connectivity index (χ2n) is 7.09. The summed E-state index contributed by atoms with van der Waals surface area (Å²) in [5.41, 5.74) is 0. The van der Waals surface area contributed by atoms with E-state index >= 15 is 0 Å². The lowest BCUT2D eigenvalue weighted by Crippen LogP contribution is -2.63. The van der Waals surface area contributed by atoms with Crippen LogP contribution in [0, 0.1) is 5.92 Å². The van der Waals surface area contributed by atoms with Gasteiger partial charge in [0, 0.05) is 19.0 Å². The number of ether oxygens (including phenoxy) is 1. The number of amides is 2. The summed E-state index contributed by atoms with van der Waals surface area (Å²) >= 11 is 0. The molecule has 7 nitrogen and oxygen atoms in total. The molecule has 1 aromatic rings. The Morgan fingerprint density at radius 3 is 2.27 bits per heavy atom. The van der Waals surface area contributed by atoms with Gasteiger partial charge >= 0.3 is 0 Å². The van der Waals surface area contributed by atoms with E-state index in [1.807, 2.05) is 18.2 Å². The van der Waals surface area contributed by atoms with Crippen molar-refractivity contribution in [3.05, 3.63) is 30.3 Å². The number of piperazine rings is 1. The minimum atomic E-state index is -3.28. The number of hydrogen-bond acceptors (Lipinski definition) is 5. The molecule has 0 saturated carbocycles. The van der Waals surface area contributed by atoms with Crippen LogP contribution in [0.3, 0.4) is 0 Å². The quantitative estimate of drug-likeness (QED) is 0.762. The van der Waals surface area contributed by atoms with E-state index in [2.05, 4.69) is 0 Å². The fourth-order valence-electron chi connectivity index (χ4n) is 3.61. The van der Waals surface area contributed by atoms with Gasteiger partial charge in [0.2, 0.25) is 5.91 Å². The molecule has 0 aromatic heterocycles. The Morgan fingerprint density at radius 1 is 1.08 bits per heavy atom. The zero-order chi connectivity index (χ0) is 18.9. The molecule has 0 aliphatic carbocycles. The van der Waals surface area contributed by atoms with Gasteiger partial charge in [0.1, 0.15) is 5.75 Å². The number of rotatable bonds is 4. The van der Waals surface area contributed by atoms with Crippen LogP contribution in [0.25, 0.3) is 0 Å². The molecule has 2 amide bonds. The smallest absolute Gasteiger partial charge is 0.260 e. The Kier molecular flexibility index (Phi) is 5.22. The van der Waals surface area contributed by atoms with Gasteiger partial charge in [-0.15, -0.1) is 0 Å². The lowest BCUT2D eigenvalue weighted by atomic mass is 10.0. The molecular formula is C18H24N2O5S. The maximum Gasteiger partial charge on any atom is 0.260 e. The Hall–Kier alpha value is -2.09. The molecule has 3 rings (SSSR count). The van der Waals surface area contributed by atoms with E-state index in [0.29, 0.717) is 18.8 Å². The molecule has 0 spiro atoms. The molecule has 2 aliphatic heterocycles. The van der Waals surface area contributed by atoms with Crippen molar-refractivity contribution in [1.29, 1.82) is 0 Å². The van der Waals surface area contributed by atoms with Crippen molar-refractivity contribution in [3.8, 4) is 5.75 Å². The molecule has 1 aromatic carbocycles. The van der Waals surface area contributed by atoms with Crippen molar-refractivity contribution in [2.24, 2.45) is 5.92 Å². The van der Waals surface area contributed by atoms with Crippen molar-refractivity contribution < 1.29 is 22.7 Å². The molecule has 2 atom stereocenters. The minimum absolute atomic E-state index is 0.0651.